The largest absolute Gasteiger partial charge is 0.507 e. The number of hydrogen-bond acceptors (Lipinski definition) is 4. The summed E-state index contributed by atoms with van der Waals surface area (Å²) in [5, 5.41) is 21.0. The van der Waals surface area contributed by atoms with Crippen LogP contribution < -0.4 is 0 Å². The van der Waals surface area contributed by atoms with Gasteiger partial charge >= 0.3 is 0 Å². The molecule has 0 radical (unpaired) electrons. The Hall–Kier alpha value is -1.26. The summed E-state index contributed by atoms with van der Waals surface area (Å²) in [6.45, 7) is 11.3. The lowest BCUT2D eigenvalue weighted by atomic mass is 9.85. The first kappa shape index (κ1) is 20.1. The summed E-state index contributed by atoms with van der Waals surface area (Å²) in [6, 6.07) is 3.73. The number of likely N-dealkylation sites (N-methyl/N-ethyl adjacent to an activating group) is 1. The summed E-state index contributed by atoms with van der Waals surface area (Å²) in [5.74, 6) is 1.36. The molecule has 2 N–H and O–H groups in total. The van der Waals surface area contributed by atoms with E-state index >= 15 is 0 Å². The van der Waals surface area contributed by atoms with Crippen molar-refractivity contribution < 1.29 is 10.2 Å². The topological polar surface area (TPSA) is 46.9 Å². The molecule has 2 rings (SSSR count). The van der Waals surface area contributed by atoms with E-state index in [1.54, 1.807) is 0 Å². The van der Waals surface area contributed by atoms with Gasteiger partial charge in [0.2, 0.25) is 0 Å². The molecule has 2 unspecified atom stereocenters. The number of phenols is 2. The van der Waals surface area contributed by atoms with E-state index in [4.69, 9.17) is 0 Å². The van der Waals surface area contributed by atoms with Crippen molar-refractivity contribution in [1.29, 1.82) is 0 Å². The lowest BCUT2D eigenvalue weighted by molar-refractivity contribution is 0.146. The average molecular weight is 349 g/mol. The first-order valence-electron chi connectivity index (χ1n) is 9.88. The lowest BCUT2D eigenvalue weighted by Gasteiger charge is -2.32. The van der Waals surface area contributed by atoms with Crippen LogP contribution in [0.3, 0.4) is 0 Å². The smallest absolute Gasteiger partial charge is 0.124 e. The van der Waals surface area contributed by atoms with Crippen LogP contribution in [-0.4, -0.2) is 53.2 Å². The maximum absolute atomic E-state index is 10.5. The molecule has 0 bridgehead atoms. The number of benzene rings is 1. The van der Waals surface area contributed by atoms with E-state index in [0.717, 1.165) is 31.7 Å². The quantitative estimate of drug-likeness (QED) is 0.692. The summed E-state index contributed by atoms with van der Waals surface area (Å²) in [5.41, 5.74) is 1.71. The Morgan fingerprint density at radius 3 is 2.16 bits per heavy atom. The summed E-state index contributed by atoms with van der Waals surface area (Å²) in [6.07, 6.45) is 4.96. The van der Waals surface area contributed by atoms with Gasteiger partial charge in [0, 0.05) is 38.3 Å². The van der Waals surface area contributed by atoms with E-state index in [-0.39, 0.29) is 11.5 Å². The van der Waals surface area contributed by atoms with Crippen LogP contribution in [0.15, 0.2) is 12.1 Å². The Balaban J connectivity index is 2.03. The van der Waals surface area contributed by atoms with Crippen LogP contribution >= 0.6 is 0 Å². The van der Waals surface area contributed by atoms with E-state index in [2.05, 4.69) is 37.6 Å². The van der Waals surface area contributed by atoms with Gasteiger partial charge in [-0.15, -0.1) is 0 Å². The van der Waals surface area contributed by atoms with Crippen molar-refractivity contribution >= 4 is 0 Å². The van der Waals surface area contributed by atoms with E-state index in [0.29, 0.717) is 23.9 Å². The third-order valence-electron chi connectivity index (χ3n) is 5.85. The molecule has 0 aromatic heterocycles. The number of hydrogen-bond donors (Lipinski definition) is 2. The highest BCUT2D eigenvalue weighted by Gasteiger charge is 2.21. The van der Waals surface area contributed by atoms with Crippen LogP contribution in [0.2, 0.25) is 0 Å². The van der Waals surface area contributed by atoms with E-state index in [1.807, 2.05) is 12.1 Å². The van der Waals surface area contributed by atoms with Gasteiger partial charge in [0.25, 0.3) is 0 Å². The first-order valence-corrected chi connectivity index (χ1v) is 9.88. The predicted molar refractivity (Wildman–Crippen MR) is 104 cm³/mol. The summed E-state index contributed by atoms with van der Waals surface area (Å²) in [4.78, 5) is 4.60. The van der Waals surface area contributed by atoms with Gasteiger partial charge in [0.1, 0.15) is 11.5 Å². The van der Waals surface area contributed by atoms with Gasteiger partial charge < -0.3 is 15.1 Å². The van der Waals surface area contributed by atoms with Crippen LogP contribution in [0.4, 0.5) is 0 Å². The molecule has 25 heavy (non-hydrogen) atoms. The lowest BCUT2D eigenvalue weighted by Crippen LogP contribution is -2.43. The zero-order chi connectivity index (χ0) is 18.4. The molecule has 0 spiro atoms. The van der Waals surface area contributed by atoms with E-state index in [9.17, 15) is 10.2 Å². The van der Waals surface area contributed by atoms with E-state index in [1.165, 1.54) is 25.7 Å². The third kappa shape index (κ3) is 5.61. The van der Waals surface area contributed by atoms with Gasteiger partial charge in [-0.25, -0.2) is 0 Å². The molecule has 4 heteroatoms. The number of unbranched alkanes of at least 4 members (excludes halogenated alkanes) is 2. The monoisotopic (exact) mass is 348 g/mol. The molecule has 0 amide bonds. The second-order valence-electron chi connectivity index (χ2n) is 7.88. The minimum Gasteiger partial charge on any atom is -0.507 e. The standard InChI is InChI=1S/C21H36N2O2/c1-5-6-7-8-16(2)17(3)18-13-20(24)19(21(25)14-18)15-23-11-9-22(4)10-12-23/h13-14,16-17,24-25H,5-12,15H2,1-4H3. The minimum atomic E-state index is 0.238. The Labute approximate surface area is 153 Å². The number of piperazine rings is 1. The Kier molecular flexibility index (Phi) is 7.57. The summed E-state index contributed by atoms with van der Waals surface area (Å²) >= 11 is 0. The molecule has 142 valence electrons. The van der Waals surface area contributed by atoms with Gasteiger partial charge in [-0.3, -0.25) is 4.90 Å². The molecule has 1 aromatic carbocycles. The number of phenolic OH excluding ortho intramolecular Hbond substituents is 2. The van der Waals surface area contributed by atoms with Crippen LogP contribution in [-0.2, 0) is 6.54 Å². The molecule has 1 fully saturated rings. The third-order valence-corrected chi connectivity index (χ3v) is 5.85. The molecule has 1 aromatic rings. The average Bonchev–Trinajstić information content (AvgIpc) is 2.59. The second kappa shape index (κ2) is 9.44. The van der Waals surface area contributed by atoms with Crippen molar-refractivity contribution in [3.63, 3.8) is 0 Å². The van der Waals surface area contributed by atoms with Crippen molar-refractivity contribution in [1.82, 2.24) is 9.80 Å². The molecule has 1 saturated heterocycles. The van der Waals surface area contributed by atoms with Crippen molar-refractivity contribution in [2.75, 3.05) is 33.2 Å². The normalized spacial score (nSPS) is 19.0. The van der Waals surface area contributed by atoms with Crippen molar-refractivity contribution in [2.24, 2.45) is 5.92 Å². The Morgan fingerprint density at radius 1 is 1.00 bits per heavy atom. The SMILES string of the molecule is CCCCCC(C)C(C)c1cc(O)c(CN2CCN(C)CC2)c(O)c1. The maximum Gasteiger partial charge on any atom is 0.124 e. The van der Waals surface area contributed by atoms with Gasteiger partial charge in [0.05, 0.1) is 0 Å². The van der Waals surface area contributed by atoms with Crippen molar-refractivity contribution in [2.45, 2.75) is 58.9 Å². The number of rotatable bonds is 8. The van der Waals surface area contributed by atoms with Gasteiger partial charge in [0.15, 0.2) is 0 Å². The van der Waals surface area contributed by atoms with Gasteiger partial charge in [-0.2, -0.15) is 0 Å². The molecule has 2 atom stereocenters. The minimum absolute atomic E-state index is 0.238. The van der Waals surface area contributed by atoms with E-state index < -0.39 is 0 Å². The molecule has 0 aliphatic carbocycles. The van der Waals surface area contributed by atoms with Crippen LogP contribution in [0.25, 0.3) is 0 Å². The fourth-order valence-electron chi connectivity index (χ4n) is 3.61. The summed E-state index contributed by atoms with van der Waals surface area (Å²) in [7, 11) is 2.13. The van der Waals surface area contributed by atoms with Crippen molar-refractivity contribution in [3.8, 4) is 11.5 Å². The highest BCUT2D eigenvalue weighted by Crippen LogP contribution is 2.36. The summed E-state index contributed by atoms with van der Waals surface area (Å²) < 4.78 is 0. The van der Waals surface area contributed by atoms with Crippen LogP contribution in [0, 0.1) is 5.92 Å². The molecule has 4 nitrogen and oxygen atoms in total. The molecule has 0 saturated carbocycles. The van der Waals surface area contributed by atoms with Crippen LogP contribution in [0.1, 0.15) is 63.5 Å². The predicted octanol–water partition coefficient (Wildman–Crippen LogP) is 4.17. The molecule has 1 aliphatic heterocycles. The zero-order valence-corrected chi connectivity index (χ0v) is 16.5. The fourth-order valence-corrected chi connectivity index (χ4v) is 3.61. The van der Waals surface area contributed by atoms with Gasteiger partial charge in [-0.05, 0) is 36.6 Å². The van der Waals surface area contributed by atoms with Crippen molar-refractivity contribution in [3.05, 3.63) is 23.3 Å². The second-order valence-corrected chi connectivity index (χ2v) is 7.88. The molecular weight excluding hydrogens is 312 g/mol. The highest BCUT2D eigenvalue weighted by atomic mass is 16.3. The zero-order valence-electron chi connectivity index (χ0n) is 16.5. The Bertz CT molecular complexity index is 516. The van der Waals surface area contributed by atoms with Crippen LogP contribution in [0.5, 0.6) is 11.5 Å². The Morgan fingerprint density at radius 2 is 1.60 bits per heavy atom. The fraction of sp³-hybridized carbons (Fsp3) is 0.714. The maximum atomic E-state index is 10.5. The molecular formula is C21H36N2O2. The molecule has 1 aliphatic rings. The number of aromatic hydroxyl groups is 2. The molecule has 1 heterocycles. The first-order chi connectivity index (χ1) is 11.9. The van der Waals surface area contributed by atoms with Gasteiger partial charge in [-0.1, -0.05) is 46.5 Å². The number of nitrogens with zero attached hydrogens (tertiary/aromatic N) is 2. The highest BCUT2D eigenvalue weighted by molar-refractivity contribution is 5.47.